The quantitative estimate of drug-likeness (QED) is 0.861. The van der Waals surface area contributed by atoms with Crippen molar-refractivity contribution >= 4 is 11.6 Å². The molecule has 0 spiro atoms. The van der Waals surface area contributed by atoms with E-state index >= 15 is 0 Å². The minimum absolute atomic E-state index is 0.344. The van der Waals surface area contributed by atoms with Gasteiger partial charge in [0.05, 0.1) is 0 Å². The highest BCUT2D eigenvalue weighted by molar-refractivity contribution is 6.30. The Balaban J connectivity index is 1.78. The minimum atomic E-state index is 0.344. The predicted octanol–water partition coefficient (Wildman–Crippen LogP) is 4.15. The number of hydrogen-bond donors (Lipinski definition) is 1. The number of hydrogen-bond acceptors (Lipinski definition) is 1. The lowest BCUT2D eigenvalue weighted by Crippen LogP contribution is -2.52. The molecule has 2 heteroatoms. The molecule has 2 aliphatic carbocycles. The molecule has 18 heavy (non-hydrogen) atoms. The molecule has 2 aliphatic rings. The van der Waals surface area contributed by atoms with E-state index in [1.807, 2.05) is 12.1 Å². The van der Waals surface area contributed by atoms with Crippen LogP contribution in [0, 0.1) is 5.41 Å². The maximum absolute atomic E-state index is 6.00. The summed E-state index contributed by atoms with van der Waals surface area (Å²) in [5.41, 5.74) is 2.29. The van der Waals surface area contributed by atoms with E-state index < -0.39 is 0 Å². The monoisotopic (exact) mass is 263 g/mol. The van der Waals surface area contributed by atoms with E-state index in [4.69, 9.17) is 11.6 Å². The van der Waals surface area contributed by atoms with Gasteiger partial charge in [0.15, 0.2) is 0 Å². The zero-order chi connectivity index (χ0) is 12.8. The summed E-state index contributed by atoms with van der Waals surface area (Å²) >= 11 is 6.00. The second-order valence-corrected chi connectivity index (χ2v) is 7.40. The number of benzene rings is 1. The van der Waals surface area contributed by atoms with E-state index in [9.17, 15) is 0 Å². The summed E-state index contributed by atoms with van der Waals surface area (Å²) in [6.07, 6.45) is 5.28. The van der Waals surface area contributed by atoms with Gasteiger partial charge in [0.25, 0.3) is 0 Å². The van der Waals surface area contributed by atoms with Crippen molar-refractivity contribution in [1.29, 1.82) is 0 Å². The van der Waals surface area contributed by atoms with Crippen molar-refractivity contribution in [3.8, 4) is 0 Å². The van der Waals surface area contributed by atoms with Crippen LogP contribution in [0.1, 0.15) is 45.1 Å². The fourth-order valence-corrected chi connectivity index (χ4v) is 3.77. The summed E-state index contributed by atoms with van der Waals surface area (Å²) in [7, 11) is 0. The van der Waals surface area contributed by atoms with Crippen LogP contribution in [0.15, 0.2) is 24.3 Å². The summed E-state index contributed by atoms with van der Waals surface area (Å²) < 4.78 is 0. The Hall–Kier alpha value is -0.530. The zero-order valence-corrected chi connectivity index (χ0v) is 12.1. The van der Waals surface area contributed by atoms with E-state index in [1.165, 1.54) is 31.2 Å². The molecule has 1 aromatic rings. The molecule has 1 aromatic carbocycles. The average Bonchev–Trinajstić information content (AvgIpc) is 3.08. The van der Waals surface area contributed by atoms with E-state index in [-0.39, 0.29) is 0 Å². The topological polar surface area (TPSA) is 12.0 Å². The molecule has 0 radical (unpaired) electrons. The third-order valence-electron chi connectivity index (χ3n) is 4.40. The first-order chi connectivity index (χ1) is 8.49. The van der Waals surface area contributed by atoms with Gasteiger partial charge in [-0.25, -0.2) is 0 Å². The molecule has 0 aliphatic heterocycles. The third kappa shape index (κ3) is 2.44. The standard InChI is InChI=1S/C16H22ClN/c1-15(2)9-16(10-15,11-18-14-7-8-14)12-3-5-13(17)6-4-12/h3-6,14,18H,7-11H2,1-2H3. The Labute approximate surface area is 115 Å². The van der Waals surface area contributed by atoms with Gasteiger partial charge in [0.2, 0.25) is 0 Å². The highest BCUT2D eigenvalue weighted by Gasteiger charge is 2.50. The van der Waals surface area contributed by atoms with Crippen molar-refractivity contribution in [2.75, 3.05) is 6.54 Å². The van der Waals surface area contributed by atoms with Gasteiger partial charge in [-0.3, -0.25) is 0 Å². The summed E-state index contributed by atoms with van der Waals surface area (Å²) in [4.78, 5) is 0. The van der Waals surface area contributed by atoms with E-state index in [2.05, 4.69) is 31.3 Å². The first kappa shape index (κ1) is 12.5. The molecule has 0 aromatic heterocycles. The summed E-state index contributed by atoms with van der Waals surface area (Å²) in [6, 6.07) is 9.28. The van der Waals surface area contributed by atoms with Crippen molar-refractivity contribution in [1.82, 2.24) is 5.32 Å². The summed E-state index contributed by atoms with van der Waals surface area (Å²) in [5, 5.41) is 4.55. The maximum Gasteiger partial charge on any atom is 0.0406 e. The molecule has 2 saturated carbocycles. The molecule has 0 heterocycles. The van der Waals surface area contributed by atoms with Gasteiger partial charge in [-0.1, -0.05) is 37.6 Å². The lowest BCUT2D eigenvalue weighted by Gasteiger charge is -2.54. The molecule has 0 amide bonds. The van der Waals surface area contributed by atoms with Gasteiger partial charge < -0.3 is 5.32 Å². The Bertz CT molecular complexity index is 423. The van der Waals surface area contributed by atoms with Crippen molar-refractivity contribution < 1.29 is 0 Å². The molecule has 0 atom stereocenters. The first-order valence-electron chi connectivity index (χ1n) is 6.99. The van der Waals surface area contributed by atoms with E-state index in [0.717, 1.165) is 17.6 Å². The van der Waals surface area contributed by atoms with Crippen LogP contribution in [0.25, 0.3) is 0 Å². The highest BCUT2D eigenvalue weighted by atomic mass is 35.5. The molecule has 0 unspecified atom stereocenters. The summed E-state index contributed by atoms with van der Waals surface area (Å²) in [5.74, 6) is 0. The second kappa shape index (κ2) is 4.25. The average molecular weight is 264 g/mol. The Morgan fingerprint density at radius 2 is 1.78 bits per heavy atom. The van der Waals surface area contributed by atoms with Crippen LogP contribution in [-0.2, 0) is 5.41 Å². The Morgan fingerprint density at radius 3 is 2.28 bits per heavy atom. The molecule has 0 saturated heterocycles. The molecule has 1 N–H and O–H groups in total. The highest BCUT2D eigenvalue weighted by Crippen LogP contribution is 2.55. The van der Waals surface area contributed by atoms with Crippen molar-refractivity contribution in [3.05, 3.63) is 34.9 Å². The van der Waals surface area contributed by atoms with Crippen molar-refractivity contribution in [2.24, 2.45) is 5.41 Å². The lowest BCUT2D eigenvalue weighted by atomic mass is 9.52. The van der Waals surface area contributed by atoms with Crippen LogP contribution in [-0.4, -0.2) is 12.6 Å². The van der Waals surface area contributed by atoms with Gasteiger partial charge in [0.1, 0.15) is 0 Å². The van der Waals surface area contributed by atoms with Crippen LogP contribution in [0.5, 0.6) is 0 Å². The first-order valence-corrected chi connectivity index (χ1v) is 7.36. The zero-order valence-electron chi connectivity index (χ0n) is 11.3. The maximum atomic E-state index is 6.00. The van der Waals surface area contributed by atoms with Crippen LogP contribution < -0.4 is 5.32 Å². The lowest BCUT2D eigenvalue weighted by molar-refractivity contribution is 0.0560. The van der Waals surface area contributed by atoms with Gasteiger partial charge in [-0.05, 0) is 48.8 Å². The van der Waals surface area contributed by atoms with E-state index in [1.54, 1.807) is 0 Å². The number of nitrogens with one attached hydrogen (secondary N) is 1. The minimum Gasteiger partial charge on any atom is -0.313 e. The van der Waals surface area contributed by atoms with Crippen LogP contribution in [0.2, 0.25) is 5.02 Å². The third-order valence-corrected chi connectivity index (χ3v) is 4.65. The molecular weight excluding hydrogens is 242 g/mol. The Kier molecular flexibility index (Phi) is 2.95. The van der Waals surface area contributed by atoms with Gasteiger partial charge in [0, 0.05) is 23.0 Å². The number of rotatable bonds is 4. The normalized spacial score (nSPS) is 24.6. The largest absolute Gasteiger partial charge is 0.313 e. The van der Waals surface area contributed by atoms with Crippen molar-refractivity contribution in [3.63, 3.8) is 0 Å². The summed E-state index contributed by atoms with van der Waals surface area (Å²) in [6.45, 7) is 5.87. The van der Waals surface area contributed by atoms with Crippen molar-refractivity contribution in [2.45, 2.75) is 51.0 Å². The van der Waals surface area contributed by atoms with E-state index in [0.29, 0.717) is 10.8 Å². The van der Waals surface area contributed by atoms with Gasteiger partial charge >= 0.3 is 0 Å². The number of halogens is 1. The second-order valence-electron chi connectivity index (χ2n) is 6.96. The molecule has 3 rings (SSSR count). The smallest absolute Gasteiger partial charge is 0.0406 e. The van der Waals surface area contributed by atoms with Crippen LogP contribution in [0.3, 0.4) is 0 Å². The molecular formula is C16H22ClN. The predicted molar refractivity (Wildman–Crippen MR) is 77.2 cm³/mol. The SMILES string of the molecule is CC1(C)CC(CNC2CC2)(c2ccc(Cl)cc2)C1. The van der Waals surface area contributed by atoms with Gasteiger partial charge in [-0.2, -0.15) is 0 Å². The fraction of sp³-hybridized carbons (Fsp3) is 0.625. The molecule has 1 nitrogen and oxygen atoms in total. The fourth-order valence-electron chi connectivity index (χ4n) is 3.64. The molecule has 98 valence electrons. The molecule has 0 bridgehead atoms. The Morgan fingerprint density at radius 1 is 1.17 bits per heavy atom. The van der Waals surface area contributed by atoms with Crippen LogP contribution >= 0.6 is 11.6 Å². The molecule has 2 fully saturated rings. The van der Waals surface area contributed by atoms with Gasteiger partial charge in [-0.15, -0.1) is 0 Å². The van der Waals surface area contributed by atoms with Crippen LogP contribution in [0.4, 0.5) is 0 Å².